The summed E-state index contributed by atoms with van der Waals surface area (Å²) in [5.41, 5.74) is 0.883. The predicted octanol–water partition coefficient (Wildman–Crippen LogP) is 2.52. The molecule has 1 aromatic rings. The molecule has 2 rings (SSSR count). The molecule has 1 atom stereocenters. The fraction of sp³-hybridized carbons (Fsp3) is 0.647. The Labute approximate surface area is 126 Å². The van der Waals surface area contributed by atoms with Gasteiger partial charge in [0.25, 0.3) is 0 Å². The summed E-state index contributed by atoms with van der Waals surface area (Å²) in [6, 6.07) is 7.47. The van der Waals surface area contributed by atoms with Crippen LogP contribution in [0.5, 0.6) is 0 Å². The zero-order valence-corrected chi connectivity index (χ0v) is 12.2. The van der Waals surface area contributed by atoms with Gasteiger partial charge in [0.1, 0.15) is 0 Å². The van der Waals surface area contributed by atoms with E-state index in [0.29, 0.717) is 12.8 Å². The number of hydrogen-bond donors (Lipinski definition) is 2. The smallest absolute Gasteiger partial charge is 0.0728 e. The van der Waals surface area contributed by atoms with Crippen LogP contribution in [0.2, 0.25) is 0 Å². The standard InChI is InChI=1S/C17H27NO2/c1-18(2)12-16(17(20)10-4-3-5-11-17)15-8-6-14(13-19)7-9-15/h6-9,16,19-20H,3-5,10-13H2,1-2H3/i1D3. The maximum Gasteiger partial charge on any atom is 0.0728 e. The van der Waals surface area contributed by atoms with Crippen LogP contribution in [-0.4, -0.2) is 41.3 Å². The first-order valence-electron chi connectivity index (χ1n) is 8.89. The highest BCUT2D eigenvalue weighted by Gasteiger charge is 2.38. The van der Waals surface area contributed by atoms with Crippen molar-refractivity contribution in [1.29, 1.82) is 0 Å². The summed E-state index contributed by atoms with van der Waals surface area (Å²) in [6.45, 7) is -1.91. The van der Waals surface area contributed by atoms with Crippen molar-refractivity contribution >= 4 is 0 Å². The number of benzene rings is 1. The molecule has 1 saturated carbocycles. The van der Waals surface area contributed by atoms with Crippen LogP contribution in [0.25, 0.3) is 0 Å². The predicted molar refractivity (Wildman–Crippen MR) is 81.7 cm³/mol. The first-order valence-corrected chi connectivity index (χ1v) is 7.39. The van der Waals surface area contributed by atoms with Crippen molar-refractivity contribution in [3.63, 3.8) is 0 Å². The van der Waals surface area contributed by atoms with Crippen LogP contribution in [0.1, 0.15) is 53.3 Å². The quantitative estimate of drug-likeness (QED) is 0.871. The van der Waals surface area contributed by atoms with E-state index in [1.54, 1.807) is 7.05 Å². The lowest BCUT2D eigenvalue weighted by molar-refractivity contribution is -0.0277. The van der Waals surface area contributed by atoms with Crippen molar-refractivity contribution in [2.45, 2.75) is 50.2 Å². The number of likely N-dealkylation sites (N-methyl/N-ethyl adjacent to an activating group) is 1. The second-order valence-electron chi connectivity index (χ2n) is 6.00. The van der Waals surface area contributed by atoms with E-state index in [9.17, 15) is 10.2 Å². The van der Waals surface area contributed by atoms with Crippen LogP contribution in [0, 0.1) is 0 Å². The van der Waals surface area contributed by atoms with E-state index in [1.165, 1.54) is 4.90 Å². The molecule has 3 heteroatoms. The van der Waals surface area contributed by atoms with Crippen molar-refractivity contribution < 1.29 is 14.3 Å². The molecule has 1 aliphatic carbocycles. The molecule has 1 fully saturated rings. The summed E-state index contributed by atoms with van der Waals surface area (Å²) < 4.78 is 22.7. The molecule has 1 unspecified atom stereocenters. The van der Waals surface area contributed by atoms with Gasteiger partial charge in [-0.15, -0.1) is 0 Å². The molecule has 0 aromatic heterocycles. The molecule has 112 valence electrons. The van der Waals surface area contributed by atoms with Crippen LogP contribution >= 0.6 is 0 Å². The Morgan fingerprint density at radius 3 is 2.45 bits per heavy atom. The van der Waals surface area contributed by atoms with Crippen LogP contribution in [0.4, 0.5) is 0 Å². The fourth-order valence-electron chi connectivity index (χ4n) is 3.23. The van der Waals surface area contributed by atoms with E-state index in [4.69, 9.17) is 4.11 Å². The average molecular weight is 280 g/mol. The third-order valence-corrected chi connectivity index (χ3v) is 4.39. The molecular formula is C17H27NO2. The molecule has 1 aromatic carbocycles. The Bertz CT molecular complexity index is 496. The fourth-order valence-corrected chi connectivity index (χ4v) is 3.23. The topological polar surface area (TPSA) is 43.7 Å². The van der Waals surface area contributed by atoms with E-state index in [-0.39, 0.29) is 19.1 Å². The molecule has 0 amide bonds. The molecule has 1 aliphatic rings. The minimum atomic E-state index is -2.17. The maximum atomic E-state index is 11.2. The highest BCUT2D eigenvalue weighted by atomic mass is 16.3. The van der Waals surface area contributed by atoms with Crippen LogP contribution in [-0.2, 0) is 6.61 Å². The SMILES string of the molecule is [2H]C([2H])([2H])N(C)CC(c1ccc(CO)cc1)C1(O)CCCCC1. The number of aliphatic hydroxyl groups excluding tert-OH is 1. The highest BCUT2D eigenvalue weighted by molar-refractivity contribution is 5.28. The van der Waals surface area contributed by atoms with Crippen molar-refractivity contribution in [3.8, 4) is 0 Å². The van der Waals surface area contributed by atoms with Crippen molar-refractivity contribution in [3.05, 3.63) is 35.4 Å². The minimum Gasteiger partial charge on any atom is -0.392 e. The van der Waals surface area contributed by atoms with E-state index in [2.05, 4.69) is 0 Å². The Hall–Kier alpha value is -0.900. The molecule has 3 nitrogen and oxygen atoms in total. The lowest BCUT2D eigenvalue weighted by Crippen LogP contribution is -2.42. The van der Waals surface area contributed by atoms with Gasteiger partial charge in [0.2, 0.25) is 0 Å². The van der Waals surface area contributed by atoms with Crippen LogP contribution in [0.3, 0.4) is 0 Å². The number of rotatable bonds is 5. The Balaban J connectivity index is 2.29. The van der Waals surface area contributed by atoms with Crippen molar-refractivity contribution in [2.75, 3.05) is 20.6 Å². The van der Waals surface area contributed by atoms with Gasteiger partial charge >= 0.3 is 0 Å². The molecule has 0 bridgehead atoms. The number of nitrogens with zero attached hydrogens (tertiary/aromatic N) is 1. The molecule has 20 heavy (non-hydrogen) atoms. The molecule has 0 spiro atoms. The number of hydrogen-bond acceptors (Lipinski definition) is 3. The molecule has 0 aliphatic heterocycles. The van der Waals surface area contributed by atoms with Gasteiger partial charge in [0, 0.05) is 16.6 Å². The highest BCUT2D eigenvalue weighted by Crippen LogP contribution is 2.40. The second-order valence-corrected chi connectivity index (χ2v) is 6.00. The monoisotopic (exact) mass is 280 g/mol. The van der Waals surface area contributed by atoms with Crippen LogP contribution < -0.4 is 0 Å². The van der Waals surface area contributed by atoms with E-state index in [0.717, 1.165) is 30.4 Å². The summed E-state index contributed by atoms with van der Waals surface area (Å²) >= 11 is 0. The maximum absolute atomic E-state index is 11.2. The summed E-state index contributed by atoms with van der Waals surface area (Å²) in [7, 11) is 1.58. The van der Waals surface area contributed by atoms with Gasteiger partial charge in [0.05, 0.1) is 12.2 Å². The largest absolute Gasteiger partial charge is 0.392 e. The minimum absolute atomic E-state index is 0.0234. The molecule has 0 heterocycles. The average Bonchev–Trinajstić information content (AvgIpc) is 2.52. The summed E-state index contributed by atoms with van der Waals surface area (Å²) in [6.07, 6.45) is 4.47. The molecule has 0 saturated heterocycles. The normalized spacial score (nSPS) is 22.9. The van der Waals surface area contributed by atoms with Gasteiger partial charge in [0.15, 0.2) is 0 Å². The zero-order valence-electron chi connectivity index (χ0n) is 15.2. The van der Waals surface area contributed by atoms with Gasteiger partial charge < -0.3 is 15.1 Å². The lowest BCUT2D eigenvalue weighted by atomic mass is 9.72. The van der Waals surface area contributed by atoms with Gasteiger partial charge in [-0.3, -0.25) is 0 Å². The third-order valence-electron chi connectivity index (χ3n) is 4.39. The first-order chi connectivity index (χ1) is 10.8. The van der Waals surface area contributed by atoms with Crippen molar-refractivity contribution in [1.82, 2.24) is 4.90 Å². The van der Waals surface area contributed by atoms with Gasteiger partial charge in [-0.1, -0.05) is 43.5 Å². The molecule has 2 N–H and O–H groups in total. The number of aliphatic hydroxyl groups is 2. The van der Waals surface area contributed by atoms with Crippen LogP contribution in [0.15, 0.2) is 24.3 Å². The Morgan fingerprint density at radius 2 is 1.90 bits per heavy atom. The Morgan fingerprint density at radius 1 is 1.25 bits per heavy atom. The summed E-state index contributed by atoms with van der Waals surface area (Å²) in [4.78, 5) is 1.34. The molecular weight excluding hydrogens is 250 g/mol. The lowest BCUT2D eigenvalue weighted by Gasteiger charge is -2.41. The molecule has 0 radical (unpaired) electrons. The van der Waals surface area contributed by atoms with Gasteiger partial charge in [-0.2, -0.15) is 0 Å². The van der Waals surface area contributed by atoms with Gasteiger partial charge in [-0.25, -0.2) is 0 Å². The first kappa shape index (κ1) is 11.7. The van der Waals surface area contributed by atoms with Gasteiger partial charge in [-0.05, 0) is 38.0 Å². The second kappa shape index (κ2) is 6.70. The Kier molecular flexibility index (Phi) is 3.93. The van der Waals surface area contributed by atoms with E-state index < -0.39 is 12.6 Å². The van der Waals surface area contributed by atoms with Crippen molar-refractivity contribution in [2.24, 2.45) is 0 Å². The summed E-state index contributed by atoms with van der Waals surface area (Å²) in [5, 5.41) is 20.4. The zero-order chi connectivity index (χ0) is 17.1. The van der Waals surface area contributed by atoms with E-state index >= 15 is 0 Å². The summed E-state index contributed by atoms with van der Waals surface area (Å²) in [5.74, 6) is -0.249. The van der Waals surface area contributed by atoms with E-state index in [1.807, 2.05) is 24.3 Å². The third kappa shape index (κ3) is 3.60.